The number of aromatic carboxylic acids is 1. The Kier molecular flexibility index (Phi) is 8.20. The third kappa shape index (κ3) is 7.42. The van der Waals surface area contributed by atoms with E-state index in [0.717, 1.165) is 18.4 Å². The van der Waals surface area contributed by atoms with Crippen molar-refractivity contribution < 1.29 is 15.0 Å². The number of aromatic hydroxyl groups is 1. The van der Waals surface area contributed by atoms with Crippen LogP contribution in [0.1, 0.15) is 68.9 Å². The molecule has 0 amide bonds. The van der Waals surface area contributed by atoms with Crippen LogP contribution in [-0.4, -0.2) is 16.2 Å². The van der Waals surface area contributed by atoms with E-state index in [1.807, 2.05) is 19.9 Å². The first kappa shape index (κ1) is 20.8. The Morgan fingerprint density at radius 1 is 0.920 bits per heavy atom. The Hall–Kier alpha value is -2.29. The van der Waals surface area contributed by atoms with Crippen molar-refractivity contribution in [3.8, 4) is 5.75 Å². The van der Waals surface area contributed by atoms with Crippen molar-refractivity contribution in [2.45, 2.75) is 60.3 Å². The highest BCUT2D eigenvalue weighted by Crippen LogP contribution is 2.27. The summed E-state index contributed by atoms with van der Waals surface area (Å²) in [4.78, 5) is 11.4. The number of hydrogen-bond acceptors (Lipinski definition) is 2. The molecule has 0 atom stereocenters. The van der Waals surface area contributed by atoms with Crippen LogP contribution in [0, 0.1) is 0 Å². The van der Waals surface area contributed by atoms with Gasteiger partial charge in [0.05, 0.1) is 5.56 Å². The fraction of sp³-hybridized carbons (Fsp3) is 0.409. The lowest BCUT2D eigenvalue weighted by atomic mass is 9.98. The van der Waals surface area contributed by atoms with Gasteiger partial charge in [-0.25, -0.2) is 4.79 Å². The lowest BCUT2D eigenvalue weighted by molar-refractivity contribution is 0.0696. The third-order valence-electron chi connectivity index (χ3n) is 4.01. The van der Waals surface area contributed by atoms with Gasteiger partial charge >= 0.3 is 5.97 Å². The molecule has 0 aliphatic carbocycles. The summed E-state index contributed by atoms with van der Waals surface area (Å²) < 4.78 is 0. The summed E-state index contributed by atoms with van der Waals surface area (Å²) in [6.07, 6.45) is 9.31. The molecule has 0 fully saturated rings. The maximum atomic E-state index is 11.4. The van der Waals surface area contributed by atoms with Crippen molar-refractivity contribution in [3.05, 3.63) is 63.8 Å². The van der Waals surface area contributed by atoms with Gasteiger partial charge < -0.3 is 10.2 Å². The molecule has 0 heterocycles. The van der Waals surface area contributed by atoms with Gasteiger partial charge in [-0.3, -0.25) is 0 Å². The summed E-state index contributed by atoms with van der Waals surface area (Å²) in [5.41, 5.74) is 5.23. The van der Waals surface area contributed by atoms with Crippen molar-refractivity contribution in [3.63, 3.8) is 0 Å². The van der Waals surface area contributed by atoms with Crippen molar-refractivity contribution in [2.24, 2.45) is 0 Å². The summed E-state index contributed by atoms with van der Waals surface area (Å²) in [6, 6.07) is 3.13. The number of carbonyl (C=O) groups is 1. The van der Waals surface area contributed by atoms with Gasteiger partial charge in [0.25, 0.3) is 0 Å². The maximum Gasteiger partial charge on any atom is 0.335 e. The molecule has 25 heavy (non-hydrogen) atoms. The Balaban J connectivity index is 3.02. The van der Waals surface area contributed by atoms with E-state index in [0.29, 0.717) is 24.0 Å². The number of carboxylic acids is 1. The van der Waals surface area contributed by atoms with E-state index in [2.05, 4.69) is 32.9 Å². The standard InChI is InChI=1S/C22H30O3/c1-15(2)7-6-8-17(5)10-12-19-14-20(22(24)25)13-18(21(19)23)11-9-16(3)4/h7,9-10,13-14,23H,6,8,11-12H2,1-5H3,(H,24,25). The first-order chi connectivity index (χ1) is 11.7. The maximum absolute atomic E-state index is 11.4. The SMILES string of the molecule is CC(C)=CCCC(C)=CCc1cc(C(=O)O)cc(CC=C(C)C)c1O. The lowest BCUT2D eigenvalue weighted by Crippen LogP contribution is -2.01. The van der Waals surface area contributed by atoms with Crippen LogP contribution in [0.4, 0.5) is 0 Å². The van der Waals surface area contributed by atoms with Crippen LogP contribution >= 0.6 is 0 Å². The number of phenols is 1. The van der Waals surface area contributed by atoms with Crippen LogP contribution in [0.3, 0.4) is 0 Å². The van der Waals surface area contributed by atoms with E-state index in [1.165, 1.54) is 11.1 Å². The molecule has 0 bridgehead atoms. The normalized spacial score (nSPS) is 11.2. The predicted octanol–water partition coefficient (Wildman–Crippen LogP) is 5.83. The molecule has 0 aromatic heterocycles. The zero-order valence-electron chi connectivity index (χ0n) is 16.0. The topological polar surface area (TPSA) is 57.5 Å². The van der Waals surface area contributed by atoms with Gasteiger partial charge in [-0.15, -0.1) is 0 Å². The number of hydrogen-bond donors (Lipinski definition) is 2. The molecular weight excluding hydrogens is 312 g/mol. The smallest absolute Gasteiger partial charge is 0.335 e. The first-order valence-electron chi connectivity index (χ1n) is 8.71. The molecule has 0 unspecified atom stereocenters. The summed E-state index contributed by atoms with van der Waals surface area (Å²) in [7, 11) is 0. The van der Waals surface area contributed by atoms with E-state index in [9.17, 15) is 15.0 Å². The average molecular weight is 342 g/mol. The Labute approximate surface area is 151 Å². The molecule has 1 rings (SSSR count). The number of allylic oxidation sites excluding steroid dienone is 6. The molecule has 0 aliphatic rings. The van der Waals surface area contributed by atoms with Crippen LogP contribution in [0.15, 0.2) is 47.1 Å². The zero-order valence-corrected chi connectivity index (χ0v) is 16.0. The molecule has 136 valence electrons. The first-order valence-corrected chi connectivity index (χ1v) is 8.71. The Morgan fingerprint density at radius 3 is 1.92 bits per heavy atom. The van der Waals surface area contributed by atoms with Gasteiger partial charge in [0.15, 0.2) is 0 Å². The predicted molar refractivity (Wildman–Crippen MR) is 104 cm³/mol. The highest BCUT2D eigenvalue weighted by Gasteiger charge is 2.12. The van der Waals surface area contributed by atoms with Gasteiger partial charge in [0.1, 0.15) is 5.75 Å². The van der Waals surface area contributed by atoms with Gasteiger partial charge in [0.2, 0.25) is 0 Å². The third-order valence-corrected chi connectivity index (χ3v) is 4.01. The van der Waals surface area contributed by atoms with E-state index in [-0.39, 0.29) is 11.3 Å². The van der Waals surface area contributed by atoms with Gasteiger partial charge in [0, 0.05) is 0 Å². The summed E-state index contributed by atoms with van der Waals surface area (Å²) in [5.74, 6) is -0.764. The molecule has 0 radical (unpaired) electrons. The minimum absolute atomic E-state index is 0.204. The van der Waals surface area contributed by atoms with E-state index in [1.54, 1.807) is 12.1 Å². The van der Waals surface area contributed by atoms with Crippen LogP contribution in [0.25, 0.3) is 0 Å². The molecule has 2 N–H and O–H groups in total. The second-order valence-electron chi connectivity index (χ2n) is 7.01. The van der Waals surface area contributed by atoms with Crippen molar-refractivity contribution in [1.82, 2.24) is 0 Å². The van der Waals surface area contributed by atoms with E-state index >= 15 is 0 Å². The molecule has 3 nitrogen and oxygen atoms in total. The number of phenolic OH excluding ortho intramolecular Hbond substituents is 1. The fourth-order valence-corrected chi connectivity index (χ4v) is 2.48. The van der Waals surface area contributed by atoms with Gasteiger partial charge in [-0.1, -0.05) is 34.9 Å². The van der Waals surface area contributed by atoms with Crippen molar-refractivity contribution in [1.29, 1.82) is 0 Å². The van der Waals surface area contributed by atoms with E-state index in [4.69, 9.17) is 0 Å². The second kappa shape index (κ2) is 9.87. The Bertz CT molecular complexity index is 698. The molecule has 0 saturated carbocycles. The van der Waals surface area contributed by atoms with Crippen LogP contribution in [0.2, 0.25) is 0 Å². The number of rotatable bonds is 8. The van der Waals surface area contributed by atoms with Crippen LogP contribution in [0.5, 0.6) is 5.75 Å². The minimum atomic E-state index is -0.969. The fourth-order valence-electron chi connectivity index (χ4n) is 2.48. The molecule has 1 aromatic carbocycles. The molecule has 0 aliphatic heterocycles. The van der Waals surface area contributed by atoms with Crippen LogP contribution < -0.4 is 0 Å². The molecular formula is C22H30O3. The molecule has 0 spiro atoms. The molecule has 0 saturated heterocycles. The zero-order chi connectivity index (χ0) is 19.0. The minimum Gasteiger partial charge on any atom is -0.507 e. The van der Waals surface area contributed by atoms with Gasteiger partial charge in [-0.2, -0.15) is 0 Å². The van der Waals surface area contributed by atoms with E-state index < -0.39 is 5.97 Å². The van der Waals surface area contributed by atoms with Crippen molar-refractivity contribution in [2.75, 3.05) is 0 Å². The van der Waals surface area contributed by atoms with Crippen LogP contribution in [-0.2, 0) is 12.8 Å². The van der Waals surface area contributed by atoms with Gasteiger partial charge in [-0.05, 0) is 83.6 Å². The number of benzene rings is 1. The second-order valence-corrected chi connectivity index (χ2v) is 7.01. The number of carboxylic acid groups (broad SMARTS) is 1. The highest BCUT2D eigenvalue weighted by molar-refractivity contribution is 5.88. The summed E-state index contributed by atoms with van der Waals surface area (Å²) in [5, 5.41) is 19.8. The van der Waals surface area contributed by atoms with Crippen molar-refractivity contribution >= 4 is 5.97 Å². The quantitative estimate of drug-likeness (QED) is 0.584. The molecule has 1 aromatic rings. The highest BCUT2D eigenvalue weighted by atomic mass is 16.4. The Morgan fingerprint density at radius 2 is 1.44 bits per heavy atom. The summed E-state index contributed by atoms with van der Waals surface area (Å²) >= 11 is 0. The summed E-state index contributed by atoms with van der Waals surface area (Å²) in [6.45, 7) is 10.2. The average Bonchev–Trinajstić information content (AvgIpc) is 2.51. The molecule has 3 heteroatoms. The largest absolute Gasteiger partial charge is 0.507 e. The monoisotopic (exact) mass is 342 g/mol. The lowest BCUT2D eigenvalue weighted by Gasteiger charge is -2.10.